The predicted molar refractivity (Wildman–Crippen MR) is 101 cm³/mol. The Kier molecular flexibility index (Phi) is 5.68. The number of benzene rings is 2. The van der Waals surface area contributed by atoms with Crippen LogP contribution < -0.4 is 5.32 Å². The Morgan fingerprint density at radius 2 is 1.88 bits per heavy atom. The molecule has 26 heavy (non-hydrogen) atoms. The van der Waals surface area contributed by atoms with Gasteiger partial charge in [-0.3, -0.25) is 9.59 Å². The van der Waals surface area contributed by atoms with Gasteiger partial charge in [-0.25, -0.2) is 0 Å². The molecular weight excluding hydrogens is 328 g/mol. The molecule has 3 rings (SSSR count). The van der Waals surface area contributed by atoms with Gasteiger partial charge >= 0.3 is 0 Å². The summed E-state index contributed by atoms with van der Waals surface area (Å²) in [7, 11) is 0. The van der Waals surface area contributed by atoms with Crippen molar-refractivity contribution in [1.29, 1.82) is 0 Å². The zero-order valence-electron chi connectivity index (χ0n) is 15.2. The second kappa shape index (κ2) is 8.15. The first-order valence-electron chi connectivity index (χ1n) is 8.88. The molecule has 1 aliphatic heterocycles. The van der Waals surface area contributed by atoms with Gasteiger partial charge in [0.25, 0.3) is 5.91 Å². The number of ether oxygens (including phenoxy) is 1. The Hall–Kier alpha value is -2.66. The van der Waals surface area contributed by atoms with Gasteiger partial charge in [0.15, 0.2) is 0 Å². The molecule has 0 aromatic heterocycles. The third kappa shape index (κ3) is 4.49. The van der Waals surface area contributed by atoms with E-state index in [0.717, 1.165) is 11.1 Å². The number of nitrogens with one attached hydrogen (secondary N) is 1. The van der Waals surface area contributed by atoms with E-state index in [9.17, 15) is 9.59 Å². The van der Waals surface area contributed by atoms with Crippen molar-refractivity contribution < 1.29 is 14.3 Å². The van der Waals surface area contributed by atoms with E-state index >= 15 is 0 Å². The second-order valence-corrected chi connectivity index (χ2v) is 6.66. The topological polar surface area (TPSA) is 58.6 Å². The number of hydrogen-bond donors (Lipinski definition) is 1. The Balaban J connectivity index is 1.59. The highest BCUT2D eigenvalue weighted by Crippen LogP contribution is 2.15. The average molecular weight is 352 g/mol. The van der Waals surface area contributed by atoms with Crippen LogP contribution in [-0.4, -0.2) is 42.5 Å². The van der Waals surface area contributed by atoms with E-state index in [1.807, 2.05) is 38.1 Å². The van der Waals surface area contributed by atoms with Gasteiger partial charge in [-0.15, -0.1) is 0 Å². The third-order valence-electron chi connectivity index (χ3n) is 4.56. The van der Waals surface area contributed by atoms with Crippen molar-refractivity contribution in [3.63, 3.8) is 0 Å². The van der Waals surface area contributed by atoms with Crippen LogP contribution in [0.5, 0.6) is 0 Å². The largest absolute Gasteiger partial charge is 0.375 e. The first-order chi connectivity index (χ1) is 12.5. The summed E-state index contributed by atoms with van der Waals surface area (Å²) in [5, 5.41) is 2.89. The van der Waals surface area contributed by atoms with Crippen molar-refractivity contribution in [2.45, 2.75) is 26.4 Å². The Morgan fingerprint density at radius 3 is 2.58 bits per heavy atom. The van der Waals surface area contributed by atoms with E-state index in [0.29, 0.717) is 37.4 Å². The molecule has 0 aliphatic carbocycles. The molecule has 0 saturated carbocycles. The van der Waals surface area contributed by atoms with E-state index in [2.05, 4.69) is 5.32 Å². The molecule has 0 radical (unpaired) electrons. The number of aryl methyl sites for hydroxylation is 1. The fraction of sp³-hybridized carbons (Fsp3) is 0.333. The summed E-state index contributed by atoms with van der Waals surface area (Å²) < 4.78 is 5.47. The van der Waals surface area contributed by atoms with Crippen LogP contribution in [0.4, 0.5) is 5.69 Å². The van der Waals surface area contributed by atoms with Crippen molar-refractivity contribution in [1.82, 2.24) is 4.90 Å². The fourth-order valence-electron chi connectivity index (χ4n) is 3.07. The van der Waals surface area contributed by atoms with Crippen molar-refractivity contribution in [2.75, 3.05) is 25.0 Å². The minimum Gasteiger partial charge on any atom is -0.375 e. The molecule has 2 amide bonds. The summed E-state index contributed by atoms with van der Waals surface area (Å²) in [4.78, 5) is 26.6. The molecule has 5 heteroatoms. The Morgan fingerprint density at radius 1 is 1.15 bits per heavy atom. The molecule has 0 bridgehead atoms. The highest BCUT2D eigenvalue weighted by Gasteiger charge is 2.22. The van der Waals surface area contributed by atoms with Crippen LogP contribution in [0.1, 0.15) is 28.4 Å². The van der Waals surface area contributed by atoms with Gasteiger partial charge in [-0.2, -0.15) is 0 Å². The maximum atomic E-state index is 12.5. The van der Waals surface area contributed by atoms with Crippen molar-refractivity contribution in [3.05, 3.63) is 65.2 Å². The normalized spacial score (nSPS) is 17.0. The molecule has 136 valence electrons. The molecule has 1 unspecified atom stereocenters. The van der Waals surface area contributed by atoms with E-state index in [-0.39, 0.29) is 17.9 Å². The molecule has 1 N–H and O–H groups in total. The molecular formula is C21H24N2O3. The zero-order valence-corrected chi connectivity index (χ0v) is 15.2. The predicted octanol–water partition coefficient (Wildman–Crippen LogP) is 3.04. The minimum atomic E-state index is -0.0691. The van der Waals surface area contributed by atoms with Crippen LogP contribution >= 0.6 is 0 Å². The van der Waals surface area contributed by atoms with E-state index < -0.39 is 0 Å². The smallest absolute Gasteiger partial charge is 0.254 e. The zero-order chi connectivity index (χ0) is 18.5. The lowest BCUT2D eigenvalue weighted by Crippen LogP contribution is -2.44. The summed E-state index contributed by atoms with van der Waals surface area (Å²) in [6.07, 6.45) is 0.395. The lowest BCUT2D eigenvalue weighted by molar-refractivity contribution is -0.115. The number of nitrogens with zero attached hydrogens (tertiary/aromatic N) is 1. The third-order valence-corrected chi connectivity index (χ3v) is 4.56. The summed E-state index contributed by atoms with van der Waals surface area (Å²) >= 11 is 0. The van der Waals surface area contributed by atoms with Gasteiger partial charge in [0.1, 0.15) is 0 Å². The lowest BCUT2D eigenvalue weighted by Gasteiger charge is -2.31. The van der Waals surface area contributed by atoms with Crippen LogP contribution in [0, 0.1) is 6.92 Å². The van der Waals surface area contributed by atoms with E-state index in [1.54, 1.807) is 29.2 Å². The molecule has 2 aromatic rings. The molecule has 0 spiro atoms. The van der Waals surface area contributed by atoms with Gasteiger partial charge in [0, 0.05) is 24.3 Å². The van der Waals surface area contributed by atoms with Crippen LogP contribution in [0.15, 0.2) is 48.5 Å². The van der Waals surface area contributed by atoms with Gasteiger partial charge in [-0.05, 0) is 49.2 Å². The van der Waals surface area contributed by atoms with Crippen LogP contribution in [0.2, 0.25) is 0 Å². The summed E-state index contributed by atoms with van der Waals surface area (Å²) in [5.74, 6) is -0.0710. The first kappa shape index (κ1) is 18.1. The van der Waals surface area contributed by atoms with Crippen LogP contribution in [0.3, 0.4) is 0 Å². The van der Waals surface area contributed by atoms with Crippen molar-refractivity contribution in [2.24, 2.45) is 0 Å². The van der Waals surface area contributed by atoms with Crippen LogP contribution in [-0.2, 0) is 16.0 Å². The molecule has 1 heterocycles. The first-order valence-corrected chi connectivity index (χ1v) is 8.88. The summed E-state index contributed by atoms with van der Waals surface area (Å²) in [6, 6.07) is 14.9. The van der Waals surface area contributed by atoms with Gasteiger partial charge in [0.05, 0.1) is 19.1 Å². The number of carbonyl (C=O) groups excluding carboxylic acids is 2. The van der Waals surface area contributed by atoms with E-state index in [1.165, 1.54) is 0 Å². The molecule has 1 atom stereocenters. The highest BCUT2D eigenvalue weighted by atomic mass is 16.5. The second-order valence-electron chi connectivity index (χ2n) is 6.66. The van der Waals surface area contributed by atoms with Crippen molar-refractivity contribution >= 4 is 17.5 Å². The van der Waals surface area contributed by atoms with Gasteiger partial charge < -0.3 is 15.0 Å². The number of rotatable bonds is 4. The summed E-state index contributed by atoms with van der Waals surface area (Å²) in [5.41, 5.74) is 3.42. The minimum absolute atomic E-state index is 0.00191. The number of morpholine rings is 1. The quantitative estimate of drug-likeness (QED) is 0.920. The number of anilines is 1. The average Bonchev–Trinajstić information content (AvgIpc) is 2.64. The van der Waals surface area contributed by atoms with E-state index in [4.69, 9.17) is 4.74 Å². The maximum Gasteiger partial charge on any atom is 0.254 e. The summed E-state index contributed by atoms with van der Waals surface area (Å²) in [6.45, 7) is 5.74. The lowest BCUT2D eigenvalue weighted by atomic mass is 10.1. The highest BCUT2D eigenvalue weighted by molar-refractivity contribution is 5.96. The Bertz CT molecular complexity index is 786. The van der Waals surface area contributed by atoms with Crippen molar-refractivity contribution in [3.8, 4) is 0 Å². The number of carbonyl (C=O) groups is 2. The van der Waals surface area contributed by atoms with Gasteiger partial charge in [-0.1, -0.05) is 24.3 Å². The number of hydrogen-bond acceptors (Lipinski definition) is 3. The monoisotopic (exact) mass is 352 g/mol. The van der Waals surface area contributed by atoms with Crippen LogP contribution in [0.25, 0.3) is 0 Å². The SMILES string of the molecule is Cc1ccccc1CC(=O)Nc1ccc(C(=O)N2CCOC(C)C2)cc1. The molecule has 1 saturated heterocycles. The maximum absolute atomic E-state index is 12.5. The molecule has 5 nitrogen and oxygen atoms in total. The standard InChI is InChI=1S/C21H24N2O3/c1-15-5-3-4-6-18(15)13-20(24)22-19-9-7-17(8-10-19)21(25)23-11-12-26-16(2)14-23/h3-10,16H,11-14H2,1-2H3,(H,22,24). The molecule has 1 fully saturated rings. The Labute approximate surface area is 154 Å². The fourth-order valence-corrected chi connectivity index (χ4v) is 3.07. The molecule has 1 aliphatic rings. The number of amides is 2. The molecule has 2 aromatic carbocycles. The van der Waals surface area contributed by atoms with Gasteiger partial charge in [0.2, 0.25) is 5.91 Å².